The number of hydrogen-bond donors (Lipinski definition) is 10. The van der Waals surface area contributed by atoms with Crippen molar-refractivity contribution in [3.8, 4) is 5.75 Å². The van der Waals surface area contributed by atoms with Crippen LogP contribution in [0.5, 0.6) is 5.75 Å². The van der Waals surface area contributed by atoms with Crippen molar-refractivity contribution in [3.05, 3.63) is 65.7 Å². The molecule has 0 bridgehead atoms. The Morgan fingerprint density at radius 3 is 1.72 bits per heavy atom. The minimum absolute atomic E-state index is 0.00426. The third kappa shape index (κ3) is 19.2. The largest absolute Gasteiger partial charge is 0.508 e. The highest BCUT2D eigenvalue weighted by Crippen LogP contribution is 2.21. The van der Waals surface area contributed by atoms with Crippen LogP contribution in [0.25, 0.3) is 0 Å². The van der Waals surface area contributed by atoms with Crippen molar-refractivity contribution in [3.63, 3.8) is 0 Å². The maximum absolute atomic E-state index is 14.2. The maximum atomic E-state index is 14.2. The van der Waals surface area contributed by atoms with E-state index in [0.29, 0.717) is 24.8 Å². The summed E-state index contributed by atoms with van der Waals surface area (Å²) in [5.74, 6) is -7.25. The van der Waals surface area contributed by atoms with E-state index in [9.17, 15) is 53.4 Å². The van der Waals surface area contributed by atoms with E-state index >= 15 is 0 Å². The first-order valence-electron chi connectivity index (χ1n) is 25.1. The van der Waals surface area contributed by atoms with Gasteiger partial charge in [0.25, 0.3) is 0 Å². The zero-order valence-electron chi connectivity index (χ0n) is 43.3. The summed E-state index contributed by atoms with van der Waals surface area (Å²) in [6.07, 6.45) is 2.04. The number of phenolic OH excluding ortho intramolecular Hbond substituents is 1. The van der Waals surface area contributed by atoms with Crippen molar-refractivity contribution in [2.45, 2.75) is 162 Å². The van der Waals surface area contributed by atoms with E-state index in [1.165, 1.54) is 17.0 Å². The highest BCUT2D eigenvalue weighted by molar-refractivity contribution is 5.98. The van der Waals surface area contributed by atoms with Crippen LogP contribution in [0, 0.1) is 23.7 Å². The van der Waals surface area contributed by atoms with Gasteiger partial charge >= 0.3 is 5.97 Å². The fourth-order valence-corrected chi connectivity index (χ4v) is 8.40. The number of aliphatic carboxylic acids is 1. The van der Waals surface area contributed by atoms with Crippen molar-refractivity contribution in [2.24, 2.45) is 29.4 Å². The molecule has 0 radical (unpaired) electrons. The van der Waals surface area contributed by atoms with Gasteiger partial charge in [-0.2, -0.15) is 0 Å². The normalized spacial score (nSPS) is 16.4. The van der Waals surface area contributed by atoms with Crippen molar-refractivity contribution < 1.29 is 53.4 Å². The topological polar surface area (TPSA) is 308 Å². The molecule has 20 nitrogen and oxygen atoms in total. The minimum Gasteiger partial charge on any atom is -0.508 e. The molecule has 2 aromatic carbocycles. The Morgan fingerprint density at radius 2 is 1.17 bits per heavy atom. The fourth-order valence-electron chi connectivity index (χ4n) is 8.40. The van der Waals surface area contributed by atoms with Crippen LogP contribution in [0.1, 0.15) is 112 Å². The first-order valence-corrected chi connectivity index (χ1v) is 25.1. The molecule has 1 aliphatic rings. The predicted molar refractivity (Wildman–Crippen MR) is 270 cm³/mol. The second kappa shape index (κ2) is 29.1. The third-order valence-corrected chi connectivity index (χ3v) is 12.3. The van der Waals surface area contributed by atoms with E-state index in [0.717, 1.165) is 5.56 Å². The molecule has 20 heteroatoms. The van der Waals surface area contributed by atoms with Crippen LogP contribution in [0.15, 0.2) is 54.6 Å². The molecule has 1 fully saturated rings. The lowest BCUT2D eigenvalue weighted by atomic mass is 9.99. The molecule has 11 N–H and O–H groups in total. The Labute approximate surface area is 423 Å². The molecule has 1 saturated heterocycles. The van der Waals surface area contributed by atoms with Crippen LogP contribution in [0.4, 0.5) is 0 Å². The number of aromatic hydroxyl groups is 1. The van der Waals surface area contributed by atoms with E-state index < -0.39 is 120 Å². The van der Waals surface area contributed by atoms with Crippen LogP contribution in [-0.4, -0.2) is 130 Å². The van der Waals surface area contributed by atoms with Crippen molar-refractivity contribution in [1.29, 1.82) is 0 Å². The van der Waals surface area contributed by atoms with Crippen molar-refractivity contribution in [1.82, 2.24) is 42.1 Å². The lowest BCUT2D eigenvalue weighted by molar-refractivity contribution is -0.143. The Bertz CT molecular complexity index is 2150. The average Bonchev–Trinajstić information content (AvgIpc) is 3.81. The number of carbonyl (C=O) groups excluding carboxylic acids is 8. The number of carboxylic acid groups (broad SMARTS) is 1. The monoisotopic (exact) mass is 1010 g/mol. The molecule has 1 heterocycles. The van der Waals surface area contributed by atoms with Gasteiger partial charge in [0.15, 0.2) is 0 Å². The Hall–Kier alpha value is -6.57. The summed E-state index contributed by atoms with van der Waals surface area (Å²) in [6, 6.07) is 6.08. The SMILES string of the molecule is CCC[C@H](NC(=O)CNC(=O)[C@H](Cc1ccccc1)NC(=O)[C@H](CC(C)C)NC(=O)[C@@H](N)CC(C)C)C(=O)N1CCC[C@H]1C(=O)N[C@H](C(=O)N[C@@H](Cc1ccc(O)cc1)C(=O)N[C@H](C(=O)O)C(C)C)C(C)C. The molecule has 0 spiro atoms. The number of rotatable bonds is 28. The number of hydrogen-bond acceptors (Lipinski definition) is 11. The molecule has 1 aliphatic heterocycles. The summed E-state index contributed by atoms with van der Waals surface area (Å²) in [5, 5.41) is 38.3. The number of carbonyl (C=O) groups is 9. The van der Waals surface area contributed by atoms with Crippen LogP contribution < -0.4 is 43.0 Å². The molecule has 0 saturated carbocycles. The first kappa shape index (κ1) is 59.7. The molecule has 0 aromatic heterocycles. The van der Waals surface area contributed by atoms with E-state index in [1.54, 1.807) is 70.2 Å². The molecule has 8 atom stereocenters. The summed E-state index contributed by atoms with van der Waals surface area (Å²) in [5.41, 5.74) is 7.39. The molecule has 2 aromatic rings. The molecule has 8 amide bonds. The number of phenols is 1. The number of amides is 8. The van der Waals surface area contributed by atoms with Crippen LogP contribution in [0.3, 0.4) is 0 Å². The van der Waals surface area contributed by atoms with Crippen molar-refractivity contribution >= 4 is 53.2 Å². The van der Waals surface area contributed by atoms with Gasteiger partial charge in [0.2, 0.25) is 47.3 Å². The van der Waals surface area contributed by atoms with Gasteiger partial charge in [0, 0.05) is 19.4 Å². The molecule has 72 heavy (non-hydrogen) atoms. The van der Waals surface area contributed by atoms with Gasteiger partial charge in [-0.25, -0.2) is 4.79 Å². The molecule has 398 valence electrons. The molecule has 0 unspecified atom stereocenters. The van der Waals surface area contributed by atoms with Crippen LogP contribution in [0.2, 0.25) is 0 Å². The smallest absolute Gasteiger partial charge is 0.326 e. The molecular weight excluding hydrogens is 927 g/mol. The number of carboxylic acids is 1. The number of benzene rings is 2. The van der Waals surface area contributed by atoms with E-state index in [4.69, 9.17) is 5.73 Å². The maximum Gasteiger partial charge on any atom is 0.326 e. The van der Waals surface area contributed by atoms with Gasteiger partial charge in [-0.15, -0.1) is 0 Å². The number of likely N-dealkylation sites (tertiary alicyclic amines) is 1. The van der Waals surface area contributed by atoms with Crippen molar-refractivity contribution in [2.75, 3.05) is 13.1 Å². The van der Waals surface area contributed by atoms with E-state index in [2.05, 4.69) is 37.2 Å². The quantitative estimate of drug-likeness (QED) is 0.0584. The average molecular weight is 1010 g/mol. The predicted octanol–water partition coefficient (Wildman–Crippen LogP) is 1.81. The van der Waals surface area contributed by atoms with Crippen LogP contribution in [-0.2, 0) is 56.0 Å². The lowest BCUT2D eigenvalue weighted by Gasteiger charge is -2.31. The van der Waals surface area contributed by atoms with Gasteiger partial charge in [-0.05, 0) is 79.0 Å². The van der Waals surface area contributed by atoms with E-state index in [1.807, 2.05) is 34.6 Å². The van der Waals surface area contributed by atoms with E-state index in [-0.39, 0.29) is 56.2 Å². The summed E-state index contributed by atoms with van der Waals surface area (Å²) in [4.78, 5) is 123. The Kier molecular flexibility index (Phi) is 24.1. The zero-order valence-corrected chi connectivity index (χ0v) is 43.3. The highest BCUT2D eigenvalue weighted by atomic mass is 16.4. The van der Waals surface area contributed by atoms with Crippen LogP contribution >= 0.6 is 0 Å². The summed E-state index contributed by atoms with van der Waals surface area (Å²) < 4.78 is 0. The number of nitrogens with one attached hydrogen (secondary N) is 7. The Balaban J connectivity index is 1.74. The highest BCUT2D eigenvalue weighted by Gasteiger charge is 2.40. The third-order valence-electron chi connectivity index (χ3n) is 12.3. The summed E-state index contributed by atoms with van der Waals surface area (Å²) in [6.45, 7) is 15.7. The lowest BCUT2D eigenvalue weighted by Crippen LogP contribution is -2.60. The molecule has 0 aliphatic carbocycles. The second-order valence-electron chi connectivity index (χ2n) is 20.2. The summed E-state index contributed by atoms with van der Waals surface area (Å²) in [7, 11) is 0. The number of nitrogens with zero attached hydrogens (tertiary/aromatic N) is 1. The van der Waals surface area contributed by atoms with Gasteiger partial charge in [0.1, 0.15) is 48.0 Å². The summed E-state index contributed by atoms with van der Waals surface area (Å²) >= 11 is 0. The number of nitrogens with two attached hydrogens (primary N) is 1. The fraction of sp³-hybridized carbons (Fsp3) is 0.596. The molecule has 3 rings (SSSR count). The van der Waals surface area contributed by atoms with Gasteiger partial charge in [-0.1, -0.05) is 111 Å². The Morgan fingerprint density at radius 1 is 0.625 bits per heavy atom. The van der Waals surface area contributed by atoms with Gasteiger partial charge < -0.3 is 58.1 Å². The van der Waals surface area contributed by atoms with Gasteiger partial charge in [-0.3, -0.25) is 38.4 Å². The molecular formula is C52H79N9O11. The minimum atomic E-state index is -1.28. The standard InChI is InChI=1S/C52H79N9O11/c1-10-15-37(55-42(63)28-54-46(65)39(26-33-16-12-11-13-17-33)57-47(66)38(25-30(4)5)56-45(64)36(53)24-29(2)3)51(70)61-23-14-18-41(61)49(68)59-43(31(6)7)50(69)58-40(27-34-19-21-35(62)22-20-34)48(67)60-44(32(8)9)52(71)72/h11-13,16-17,19-22,29-32,36-41,43-44,62H,10,14-15,18,23-28,53H2,1-9H3,(H,54,65)(H,55,63)(H,56,64)(H,57,66)(H,58,69)(H,59,68)(H,60,67)(H,71,72)/t36-,37-,38-,39-,40-,41-,43-,44-/m0/s1. The van der Waals surface area contributed by atoms with Gasteiger partial charge in [0.05, 0.1) is 12.6 Å². The zero-order chi connectivity index (χ0) is 53.8. The first-order chi connectivity index (χ1) is 33.9. The second-order valence-corrected chi connectivity index (χ2v) is 20.2.